The van der Waals surface area contributed by atoms with E-state index < -0.39 is 17.2 Å². The number of carbonyl (C=O) groups is 1. The third-order valence-electron chi connectivity index (χ3n) is 2.83. The van der Waals surface area contributed by atoms with Gasteiger partial charge in [-0.05, 0) is 32.9 Å². The number of esters is 1. The van der Waals surface area contributed by atoms with Crippen molar-refractivity contribution < 1.29 is 18.3 Å². The molecule has 6 heteroatoms. The first-order valence-corrected chi connectivity index (χ1v) is 6.96. The Morgan fingerprint density at radius 1 is 1.32 bits per heavy atom. The van der Waals surface area contributed by atoms with Crippen LogP contribution in [0.25, 0.3) is 10.9 Å². The summed E-state index contributed by atoms with van der Waals surface area (Å²) in [5.41, 5.74) is 0.0720. The van der Waals surface area contributed by atoms with Crippen molar-refractivity contribution in [3.05, 3.63) is 36.0 Å². The highest BCUT2D eigenvalue weighted by Gasteiger charge is 2.16. The second-order valence-electron chi connectivity index (χ2n) is 5.91. The lowest BCUT2D eigenvalue weighted by molar-refractivity contribution is -0.154. The Hall–Kier alpha value is -2.24. The molecule has 4 nitrogen and oxygen atoms in total. The van der Waals surface area contributed by atoms with Crippen LogP contribution in [-0.4, -0.2) is 23.1 Å². The van der Waals surface area contributed by atoms with E-state index >= 15 is 0 Å². The van der Waals surface area contributed by atoms with Gasteiger partial charge >= 0.3 is 5.97 Å². The van der Waals surface area contributed by atoms with Crippen LogP contribution in [0.3, 0.4) is 0 Å². The Bertz CT molecular complexity index is 696. The molecular formula is C16H18F2N2O2. The number of hydrogen-bond acceptors (Lipinski definition) is 4. The number of rotatable bonds is 4. The number of nitrogens with one attached hydrogen (secondary N) is 1. The standard InChI is InChI=1S/C16H18F2N2O2/c1-16(2,3)22-14(21)5-7-19-13-4-6-20-15-11(13)8-10(17)9-12(15)18/h4,6,8-9H,5,7H2,1-3H3,(H,19,20). The number of fused-ring (bicyclic) bond motifs is 1. The maximum absolute atomic E-state index is 13.7. The molecule has 0 aliphatic heterocycles. The van der Waals surface area contributed by atoms with Crippen molar-refractivity contribution in [1.82, 2.24) is 4.98 Å². The van der Waals surface area contributed by atoms with Gasteiger partial charge in [0, 0.05) is 29.9 Å². The minimum absolute atomic E-state index is 0.0867. The topological polar surface area (TPSA) is 51.2 Å². The highest BCUT2D eigenvalue weighted by Crippen LogP contribution is 2.24. The van der Waals surface area contributed by atoms with Gasteiger partial charge in [0.2, 0.25) is 0 Å². The molecule has 0 radical (unpaired) electrons. The molecule has 0 saturated carbocycles. The van der Waals surface area contributed by atoms with Crippen LogP contribution in [0.4, 0.5) is 14.5 Å². The predicted molar refractivity (Wildman–Crippen MR) is 80.6 cm³/mol. The van der Waals surface area contributed by atoms with E-state index in [2.05, 4.69) is 10.3 Å². The molecule has 0 spiro atoms. The van der Waals surface area contributed by atoms with Crippen molar-refractivity contribution in [2.45, 2.75) is 32.8 Å². The van der Waals surface area contributed by atoms with E-state index in [9.17, 15) is 13.6 Å². The number of carbonyl (C=O) groups excluding carboxylic acids is 1. The van der Waals surface area contributed by atoms with Crippen LogP contribution >= 0.6 is 0 Å². The molecule has 118 valence electrons. The first kappa shape index (κ1) is 16.1. The van der Waals surface area contributed by atoms with Crippen LogP contribution in [0.1, 0.15) is 27.2 Å². The molecule has 0 aliphatic carbocycles. The molecule has 0 atom stereocenters. The summed E-state index contributed by atoms with van der Waals surface area (Å²) < 4.78 is 32.2. The molecule has 1 aromatic carbocycles. The van der Waals surface area contributed by atoms with E-state index in [0.717, 1.165) is 6.07 Å². The van der Waals surface area contributed by atoms with Crippen LogP contribution in [0.15, 0.2) is 24.4 Å². The fraction of sp³-hybridized carbons (Fsp3) is 0.375. The maximum atomic E-state index is 13.7. The summed E-state index contributed by atoms with van der Waals surface area (Å²) in [5, 5.41) is 3.32. The molecule has 1 aromatic heterocycles. The second-order valence-corrected chi connectivity index (χ2v) is 5.91. The Kier molecular flexibility index (Phi) is 4.59. The quantitative estimate of drug-likeness (QED) is 0.876. The Morgan fingerprint density at radius 3 is 2.73 bits per heavy atom. The van der Waals surface area contributed by atoms with Gasteiger partial charge in [0.15, 0.2) is 5.82 Å². The van der Waals surface area contributed by atoms with Crippen molar-refractivity contribution >= 4 is 22.6 Å². The molecule has 1 heterocycles. The van der Waals surface area contributed by atoms with E-state index in [1.807, 2.05) is 0 Å². The summed E-state index contributed by atoms with van der Waals surface area (Å²) in [6, 6.07) is 3.61. The summed E-state index contributed by atoms with van der Waals surface area (Å²) >= 11 is 0. The number of hydrogen-bond donors (Lipinski definition) is 1. The first-order valence-electron chi connectivity index (χ1n) is 6.96. The van der Waals surface area contributed by atoms with E-state index in [1.165, 1.54) is 12.3 Å². The number of benzene rings is 1. The van der Waals surface area contributed by atoms with Gasteiger partial charge in [-0.3, -0.25) is 9.78 Å². The van der Waals surface area contributed by atoms with Crippen molar-refractivity contribution in [3.63, 3.8) is 0 Å². The Labute approximate surface area is 127 Å². The van der Waals surface area contributed by atoms with Gasteiger partial charge < -0.3 is 10.1 Å². The summed E-state index contributed by atoms with van der Waals surface area (Å²) in [6.07, 6.45) is 1.58. The first-order chi connectivity index (χ1) is 10.3. The molecule has 2 aromatic rings. The SMILES string of the molecule is CC(C)(C)OC(=O)CCNc1ccnc2c(F)cc(F)cc12. The summed E-state index contributed by atoms with van der Waals surface area (Å²) in [7, 11) is 0. The average Bonchev–Trinajstić information content (AvgIpc) is 2.37. The summed E-state index contributed by atoms with van der Waals surface area (Å²) in [5.74, 6) is -1.73. The molecule has 0 unspecified atom stereocenters. The smallest absolute Gasteiger partial charge is 0.308 e. The molecule has 0 amide bonds. The van der Waals surface area contributed by atoms with E-state index in [1.54, 1.807) is 26.8 Å². The lowest BCUT2D eigenvalue weighted by Gasteiger charge is -2.19. The molecule has 0 saturated heterocycles. The van der Waals surface area contributed by atoms with Gasteiger partial charge in [-0.15, -0.1) is 0 Å². The highest BCUT2D eigenvalue weighted by atomic mass is 19.1. The van der Waals surface area contributed by atoms with E-state index in [0.29, 0.717) is 17.6 Å². The van der Waals surface area contributed by atoms with Crippen molar-refractivity contribution in [2.24, 2.45) is 0 Å². The zero-order valence-corrected chi connectivity index (χ0v) is 12.7. The number of halogens is 2. The third-order valence-corrected chi connectivity index (χ3v) is 2.83. The largest absolute Gasteiger partial charge is 0.460 e. The fourth-order valence-corrected chi connectivity index (χ4v) is 2.02. The minimum Gasteiger partial charge on any atom is -0.460 e. The van der Waals surface area contributed by atoms with Gasteiger partial charge in [-0.1, -0.05) is 0 Å². The second kappa shape index (κ2) is 6.25. The van der Waals surface area contributed by atoms with Gasteiger partial charge in [-0.2, -0.15) is 0 Å². The van der Waals surface area contributed by atoms with Crippen molar-refractivity contribution in [3.8, 4) is 0 Å². The Balaban J connectivity index is 2.08. The number of pyridine rings is 1. The van der Waals surface area contributed by atoms with Crippen LogP contribution in [0.2, 0.25) is 0 Å². The van der Waals surface area contributed by atoms with Crippen LogP contribution in [0.5, 0.6) is 0 Å². The lowest BCUT2D eigenvalue weighted by atomic mass is 10.1. The van der Waals surface area contributed by atoms with Crippen molar-refractivity contribution in [1.29, 1.82) is 0 Å². The number of aromatic nitrogens is 1. The van der Waals surface area contributed by atoms with Crippen molar-refractivity contribution in [2.75, 3.05) is 11.9 Å². The summed E-state index contributed by atoms with van der Waals surface area (Å²) in [4.78, 5) is 15.5. The van der Waals surface area contributed by atoms with E-state index in [-0.39, 0.29) is 17.9 Å². The third kappa shape index (κ3) is 4.13. The van der Waals surface area contributed by atoms with Gasteiger partial charge in [0.1, 0.15) is 16.9 Å². The monoisotopic (exact) mass is 308 g/mol. The average molecular weight is 308 g/mol. The van der Waals surface area contributed by atoms with Crippen LogP contribution < -0.4 is 5.32 Å². The zero-order valence-electron chi connectivity index (χ0n) is 12.7. The van der Waals surface area contributed by atoms with Gasteiger partial charge in [0.25, 0.3) is 0 Å². The number of ether oxygens (including phenoxy) is 1. The molecule has 0 fully saturated rings. The molecule has 0 bridgehead atoms. The molecule has 22 heavy (non-hydrogen) atoms. The van der Waals surface area contributed by atoms with Crippen LogP contribution in [0, 0.1) is 11.6 Å². The Morgan fingerprint density at radius 2 is 2.05 bits per heavy atom. The zero-order chi connectivity index (χ0) is 16.3. The van der Waals surface area contributed by atoms with E-state index in [4.69, 9.17) is 4.74 Å². The van der Waals surface area contributed by atoms with Gasteiger partial charge in [-0.25, -0.2) is 8.78 Å². The highest BCUT2D eigenvalue weighted by molar-refractivity contribution is 5.91. The minimum atomic E-state index is -0.717. The van der Waals surface area contributed by atoms with Gasteiger partial charge in [0.05, 0.1) is 6.42 Å². The molecular weight excluding hydrogens is 290 g/mol. The predicted octanol–water partition coefficient (Wildman–Crippen LogP) is 3.66. The number of anilines is 1. The maximum Gasteiger partial charge on any atom is 0.308 e. The normalized spacial score (nSPS) is 11.5. The summed E-state index contributed by atoms with van der Waals surface area (Å²) in [6.45, 7) is 5.67. The fourth-order valence-electron chi connectivity index (χ4n) is 2.02. The lowest BCUT2D eigenvalue weighted by Crippen LogP contribution is -2.25. The molecule has 1 N–H and O–H groups in total. The van der Waals surface area contributed by atoms with Crippen LogP contribution in [-0.2, 0) is 9.53 Å². The molecule has 0 aliphatic rings. The number of nitrogens with zero attached hydrogens (tertiary/aromatic N) is 1. The molecule has 2 rings (SSSR count).